The number of amides is 1. The Balaban J connectivity index is 1.48. The number of hydrogen-bond acceptors (Lipinski definition) is 4. The van der Waals surface area contributed by atoms with Crippen LogP contribution in [0.25, 0.3) is 21.8 Å². The van der Waals surface area contributed by atoms with Crippen molar-refractivity contribution in [1.82, 2.24) is 20.1 Å². The summed E-state index contributed by atoms with van der Waals surface area (Å²) in [6, 6.07) is 10.1. The number of benzene rings is 1. The molecule has 160 valence electrons. The molecule has 0 aliphatic carbocycles. The van der Waals surface area contributed by atoms with Crippen molar-refractivity contribution in [3.8, 4) is 16.9 Å². The molecule has 1 N–H and O–H groups in total. The van der Waals surface area contributed by atoms with Gasteiger partial charge in [-0.1, -0.05) is 30.7 Å². The fourth-order valence-corrected chi connectivity index (χ4v) is 4.28. The smallest absolute Gasteiger partial charge is 0.261 e. The van der Waals surface area contributed by atoms with Crippen molar-refractivity contribution in [2.75, 3.05) is 0 Å². The molecule has 0 saturated carbocycles. The van der Waals surface area contributed by atoms with Crippen LogP contribution in [0.1, 0.15) is 27.9 Å². The minimum atomic E-state index is -0.536. The molecular formula is C23H17ClFN5OS. The maximum Gasteiger partial charge on any atom is 0.261 e. The Hall–Kier alpha value is -3.54. The third-order valence-electron chi connectivity index (χ3n) is 4.87. The first-order valence-electron chi connectivity index (χ1n) is 9.72. The fraction of sp³-hybridized carbons (Fsp3) is 0.130. The molecule has 0 fully saturated rings. The second-order valence-electron chi connectivity index (χ2n) is 6.86. The van der Waals surface area contributed by atoms with Crippen LogP contribution in [0.2, 0.25) is 5.02 Å². The third-order valence-corrected chi connectivity index (χ3v) is 6.13. The molecule has 3 aromatic heterocycles. The number of carbonyl (C=O) groups excluding carboxylic acids is 1. The molecule has 1 amide bonds. The Kier molecular flexibility index (Phi) is 6.30. The minimum Gasteiger partial charge on any atom is -0.346 e. The molecule has 0 radical (unpaired) electrons. The van der Waals surface area contributed by atoms with Crippen molar-refractivity contribution in [1.29, 1.82) is 0 Å². The molecular weight excluding hydrogens is 449 g/mol. The molecule has 0 spiro atoms. The zero-order valence-electron chi connectivity index (χ0n) is 17.0. The van der Waals surface area contributed by atoms with E-state index in [9.17, 15) is 9.18 Å². The molecule has 0 aliphatic heterocycles. The minimum absolute atomic E-state index is 0.0116. The molecule has 0 bridgehead atoms. The second kappa shape index (κ2) is 9.30. The molecule has 9 heteroatoms. The summed E-state index contributed by atoms with van der Waals surface area (Å²) in [6.45, 7) is 9.05. The first-order valence-corrected chi connectivity index (χ1v) is 11.0. The van der Waals surface area contributed by atoms with Crippen LogP contribution < -0.4 is 5.32 Å². The van der Waals surface area contributed by atoms with Gasteiger partial charge in [-0.3, -0.25) is 9.78 Å². The van der Waals surface area contributed by atoms with E-state index in [1.807, 2.05) is 18.4 Å². The molecule has 0 saturated heterocycles. The third kappa shape index (κ3) is 4.40. The first-order chi connectivity index (χ1) is 15.5. The van der Waals surface area contributed by atoms with E-state index in [2.05, 4.69) is 20.2 Å². The number of carbonyl (C=O) groups is 1. The van der Waals surface area contributed by atoms with Crippen molar-refractivity contribution < 1.29 is 9.18 Å². The van der Waals surface area contributed by atoms with Crippen LogP contribution in [0.5, 0.6) is 0 Å². The van der Waals surface area contributed by atoms with Gasteiger partial charge in [0.1, 0.15) is 5.82 Å². The van der Waals surface area contributed by atoms with Gasteiger partial charge in [0.2, 0.25) is 5.69 Å². The number of nitrogens with one attached hydrogen (secondary N) is 1. The Bertz CT molecular complexity index is 1340. The molecule has 4 aromatic rings. The highest BCUT2D eigenvalue weighted by molar-refractivity contribution is 7.12. The van der Waals surface area contributed by atoms with Gasteiger partial charge >= 0.3 is 0 Å². The Labute approximate surface area is 193 Å². The van der Waals surface area contributed by atoms with E-state index in [4.69, 9.17) is 18.2 Å². The molecule has 1 aromatic carbocycles. The van der Waals surface area contributed by atoms with Crippen LogP contribution in [-0.4, -0.2) is 20.7 Å². The number of nitrogens with zero attached hydrogens (tertiary/aromatic N) is 4. The Morgan fingerprint density at radius 3 is 2.88 bits per heavy atom. The highest BCUT2D eigenvalue weighted by atomic mass is 35.5. The summed E-state index contributed by atoms with van der Waals surface area (Å²) < 4.78 is 16.1. The molecule has 0 aliphatic rings. The lowest BCUT2D eigenvalue weighted by atomic mass is 10.1. The molecule has 3 heterocycles. The lowest BCUT2D eigenvalue weighted by Gasteiger charge is -2.08. The molecule has 4 rings (SSSR count). The maximum absolute atomic E-state index is 14.6. The fourth-order valence-electron chi connectivity index (χ4n) is 3.15. The summed E-state index contributed by atoms with van der Waals surface area (Å²) in [5.41, 5.74) is 3.30. The quantitative estimate of drug-likeness (QED) is 0.364. The van der Waals surface area contributed by atoms with E-state index in [-0.39, 0.29) is 18.1 Å². The van der Waals surface area contributed by atoms with E-state index in [1.165, 1.54) is 28.3 Å². The van der Waals surface area contributed by atoms with Crippen LogP contribution in [0.15, 0.2) is 54.2 Å². The van der Waals surface area contributed by atoms with Crippen LogP contribution in [-0.2, 0) is 13.0 Å². The number of pyridine rings is 1. The van der Waals surface area contributed by atoms with E-state index < -0.39 is 5.82 Å². The van der Waals surface area contributed by atoms with E-state index in [0.29, 0.717) is 27.0 Å². The summed E-state index contributed by atoms with van der Waals surface area (Å²) in [7, 11) is 0. The van der Waals surface area contributed by atoms with Crippen molar-refractivity contribution >= 4 is 34.5 Å². The standard InChI is InChI=1S/C23H17ClFN5OS/c1-3-14-7-9-32-22(14)23(31)28-13-21-18(25)11-16(12-27-21)30-8-6-19(29-30)15-4-5-20(26-2)17(24)10-15/h4-12H,3,13H2,1H3,(H,28,31). The largest absolute Gasteiger partial charge is 0.346 e. The number of aryl methyl sites for hydroxylation is 1. The highest BCUT2D eigenvalue weighted by Crippen LogP contribution is 2.30. The summed E-state index contributed by atoms with van der Waals surface area (Å²) in [5, 5.41) is 9.39. The van der Waals surface area contributed by atoms with Crippen molar-refractivity contribution in [3.63, 3.8) is 0 Å². The van der Waals surface area contributed by atoms with Gasteiger partial charge in [0.05, 0.1) is 41.3 Å². The van der Waals surface area contributed by atoms with Gasteiger partial charge in [-0.05, 0) is 35.6 Å². The van der Waals surface area contributed by atoms with E-state index >= 15 is 0 Å². The van der Waals surface area contributed by atoms with E-state index in [1.54, 1.807) is 30.5 Å². The van der Waals surface area contributed by atoms with Gasteiger partial charge in [0, 0.05) is 22.8 Å². The van der Waals surface area contributed by atoms with Gasteiger partial charge in [-0.15, -0.1) is 11.3 Å². The van der Waals surface area contributed by atoms with Gasteiger partial charge in [-0.25, -0.2) is 13.9 Å². The van der Waals surface area contributed by atoms with Gasteiger partial charge < -0.3 is 5.32 Å². The van der Waals surface area contributed by atoms with Crippen LogP contribution in [0, 0.1) is 12.4 Å². The SMILES string of the molecule is [C-]#[N+]c1ccc(-c2ccn(-c3cnc(CNC(=O)c4sccc4CC)c(F)c3)n2)cc1Cl. The molecule has 0 unspecified atom stereocenters. The Morgan fingerprint density at radius 1 is 1.31 bits per heavy atom. The number of hydrogen-bond donors (Lipinski definition) is 1. The molecule has 32 heavy (non-hydrogen) atoms. The van der Waals surface area contributed by atoms with Crippen LogP contribution in [0.4, 0.5) is 10.1 Å². The number of halogens is 2. The summed E-state index contributed by atoms with van der Waals surface area (Å²) >= 11 is 7.47. The van der Waals surface area contributed by atoms with Crippen molar-refractivity contribution in [3.05, 3.63) is 92.6 Å². The maximum atomic E-state index is 14.6. The van der Waals surface area contributed by atoms with Gasteiger partial charge in [0.15, 0.2) is 0 Å². The summed E-state index contributed by atoms with van der Waals surface area (Å²) in [5.74, 6) is -0.770. The van der Waals surface area contributed by atoms with Crippen LogP contribution >= 0.6 is 22.9 Å². The number of aromatic nitrogens is 3. The lowest BCUT2D eigenvalue weighted by Crippen LogP contribution is -2.24. The topological polar surface area (TPSA) is 64.2 Å². The van der Waals surface area contributed by atoms with Gasteiger partial charge in [-0.2, -0.15) is 5.10 Å². The summed E-state index contributed by atoms with van der Waals surface area (Å²) in [6.07, 6.45) is 3.95. The number of thiophene rings is 1. The van der Waals surface area contributed by atoms with E-state index in [0.717, 1.165) is 17.5 Å². The molecule has 6 nitrogen and oxygen atoms in total. The second-order valence-corrected chi connectivity index (χ2v) is 8.18. The average Bonchev–Trinajstić information content (AvgIpc) is 3.48. The predicted octanol–water partition coefficient (Wildman–Crippen LogP) is 5.83. The van der Waals surface area contributed by atoms with Crippen molar-refractivity contribution in [2.45, 2.75) is 19.9 Å². The normalized spacial score (nSPS) is 10.7. The monoisotopic (exact) mass is 465 g/mol. The molecule has 0 atom stereocenters. The van der Waals surface area contributed by atoms with Crippen molar-refractivity contribution in [2.24, 2.45) is 0 Å². The zero-order valence-corrected chi connectivity index (χ0v) is 18.5. The van der Waals surface area contributed by atoms with Gasteiger partial charge in [0.25, 0.3) is 5.91 Å². The average molecular weight is 466 g/mol. The predicted molar refractivity (Wildman–Crippen MR) is 123 cm³/mol. The zero-order chi connectivity index (χ0) is 22.7. The first kappa shape index (κ1) is 21.7. The number of rotatable bonds is 6. The lowest BCUT2D eigenvalue weighted by molar-refractivity contribution is 0.0953. The Morgan fingerprint density at radius 2 is 2.16 bits per heavy atom. The summed E-state index contributed by atoms with van der Waals surface area (Å²) in [4.78, 5) is 20.5. The van der Waals surface area contributed by atoms with Crippen LogP contribution in [0.3, 0.4) is 0 Å². The highest BCUT2D eigenvalue weighted by Gasteiger charge is 2.14.